The molecule has 31 heavy (non-hydrogen) atoms. The average Bonchev–Trinajstić information content (AvgIpc) is 3.01. The van der Waals surface area contributed by atoms with Crippen LogP contribution in [0.1, 0.15) is 23.9 Å². The quantitative estimate of drug-likeness (QED) is 0.194. The number of benzene rings is 2. The van der Waals surface area contributed by atoms with Crippen LogP contribution in [0.4, 0.5) is 0 Å². The van der Waals surface area contributed by atoms with E-state index >= 15 is 0 Å². The van der Waals surface area contributed by atoms with Crippen LogP contribution in [-0.4, -0.2) is 35.4 Å². The first-order valence-corrected chi connectivity index (χ1v) is 10.4. The molecule has 166 valence electrons. The second-order valence-corrected chi connectivity index (χ2v) is 7.11. The van der Waals surface area contributed by atoms with Gasteiger partial charge in [0, 0.05) is 30.4 Å². The molecule has 0 radical (unpaired) electrons. The predicted molar refractivity (Wildman–Crippen MR) is 138 cm³/mol. The van der Waals surface area contributed by atoms with Crippen molar-refractivity contribution in [3.8, 4) is 16.9 Å². The molecule has 1 heterocycles. The van der Waals surface area contributed by atoms with Crippen molar-refractivity contribution in [2.75, 3.05) is 19.7 Å². The maximum absolute atomic E-state index is 6.07. The Morgan fingerprint density at radius 1 is 1.03 bits per heavy atom. The summed E-state index contributed by atoms with van der Waals surface area (Å²) in [5.74, 6) is 1.66. The summed E-state index contributed by atoms with van der Waals surface area (Å²) in [5.41, 5.74) is 5.59. The number of ether oxygens (including phenoxy) is 1. The molecule has 0 fully saturated rings. The Bertz CT molecular complexity index is 985. The average molecular weight is 533 g/mol. The van der Waals surface area contributed by atoms with Gasteiger partial charge in [0.1, 0.15) is 12.4 Å². The fourth-order valence-corrected chi connectivity index (χ4v) is 3.33. The third-order valence-electron chi connectivity index (χ3n) is 5.02. The third kappa shape index (κ3) is 6.72. The third-order valence-corrected chi connectivity index (χ3v) is 5.02. The van der Waals surface area contributed by atoms with Crippen molar-refractivity contribution in [3.63, 3.8) is 0 Å². The van der Waals surface area contributed by atoms with Crippen molar-refractivity contribution in [2.45, 2.75) is 27.3 Å². The van der Waals surface area contributed by atoms with Crippen molar-refractivity contribution in [2.24, 2.45) is 12.0 Å². The first-order chi connectivity index (χ1) is 14.6. The Labute approximate surface area is 202 Å². The molecule has 3 aromatic rings. The molecule has 0 bridgehead atoms. The number of nitrogens with zero attached hydrogens (tertiary/aromatic N) is 3. The van der Waals surface area contributed by atoms with Crippen LogP contribution in [0, 0.1) is 13.8 Å². The fourth-order valence-electron chi connectivity index (χ4n) is 3.33. The lowest BCUT2D eigenvalue weighted by Gasteiger charge is -2.14. The van der Waals surface area contributed by atoms with Gasteiger partial charge >= 0.3 is 0 Å². The molecule has 0 unspecified atom stereocenters. The van der Waals surface area contributed by atoms with Crippen LogP contribution in [0.3, 0.4) is 0 Å². The number of nitrogens with one attached hydrogen (secondary N) is 2. The van der Waals surface area contributed by atoms with Crippen LogP contribution < -0.4 is 15.4 Å². The maximum atomic E-state index is 6.07. The van der Waals surface area contributed by atoms with Gasteiger partial charge in [0.15, 0.2) is 5.96 Å². The van der Waals surface area contributed by atoms with Crippen LogP contribution in [0.15, 0.2) is 59.6 Å². The zero-order chi connectivity index (χ0) is 21.3. The van der Waals surface area contributed by atoms with E-state index in [9.17, 15) is 0 Å². The first kappa shape index (κ1) is 24.7. The fraction of sp³-hybridized carbons (Fsp3) is 0.333. The van der Waals surface area contributed by atoms with Gasteiger partial charge in [0.25, 0.3) is 0 Å². The monoisotopic (exact) mass is 533 g/mol. The Morgan fingerprint density at radius 3 is 2.42 bits per heavy atom. The molecule has 0 amide bonds. The van der Waals surface area contributed by atoms with Gasteiger partial charge in [-0.25, -0.2) is 4.99 Å². The molecule has 6 nitrogen and oxygen atoms in total. The summed E-state index contributed by atoms with van der Waals surface area (Å²) in [6, 6.07) is 18.4. The highest BCUT2D eigenvalue weighted by Gasteiger charge is 2.09. The van der Waals surface area contributed by atoms with Crippen LogP contribution in [0.25, 0.3) is 11.1 Å². The van der Waals surface area contributed by atoms with Gasteiger partial charge < -0.3 is 15.4 Å². The van der Waals surface area contributed by atoms with Crippen LogP contribution in [0.2, 0.25) is 0 Å². The predicted octanol–water partition coefficient (Wildman–Crippen LogP) is 4.46. The number of para-hydroxylation sites is 1. The van der Waals surface area contributed by atoms with Crippen molar-refractivity contribution in [3.05, 3.63) is 71.5 Å². The zero-order valence-electron chi connectivity index (χ0n) is 18.7. The SMILES string of the molecule is CCNC(=NCc1c(C)nn(C)c1C)NCCOc1ccccc1-c1ccccc1.I. The van der Waals surface area contributed by atoms with Gasteiger partial charge in [0.05, 0.1) is 18.8 Å². The number of aliphatic imine (C=N–C) groups is 1. The normalized spacial score (nSPS) is 11.0. The molecule has 0 aliphatic heterocycles. The summed E-state index contributed by atoms with van der Waals surface area (Å²) in [7, 11) is 1.96. The summed E-state index contributed by atoms with van der Waals surface area (Å²) in [4.78, 5) is 4.71. The molecule has 2 aromatic carbocycles. The lowest BCUT2D eigenvalue weighted by atomic mass is 10.1. The van der Waals surface area contributed by atoms with E-state index in [0.717, 1.165) is 40.8 Å². The van der Waals surface area contributed by atoms with Crippen molar-refractivity contribution in [1.29, 1.82) is 0 Å². The van der Waals surface area contributed by atoms with E-state index in [4.69, 9.17) is 9.73 Å². The zero-order valence-corrected chi connectivity index (χ0v) is 21.0. The minimum atomic E-state index is 0. The Hall–Kier alpha value is -2.55. The Kier molecular flexibility index (Phi) is 9.84. The summed E-state index contributed by atoms with van der Waals surface area (Å²) >= 11 is 0. The molecule has 3 rings (SSSR count). The topological polar surface area (TPSA) is 63.5 Å². The van der Waals surface area contributed by atoms with Gasteiger partial charge in [0.2, 0.25) is 0 Å². The molecule has 1 aromatic heterocycles. The minimum Gasteiger partial charge on any atom is -0.491 e. The number of halogens is 1. The van der Waals surface area contributed by atoms with Crippen molar-refractivity contribution >= 4 is 29.9 Å². The van der Waals surface area contributed by atoms with E-state index in [1.165, 1.54) is 5.56 Å². The lowest BCUT2D eigenvalue weighted by Crippen LogP contribution is -2.39. The van der Waals surface area contributed by atoms with Crippen LogP contribution >= 0.6 is 24.0 Å². The smallest absolute Gasteiger partial charge is 0.191 e. The number of aryl methyl sites for hydroxylation is 2. The van der Waals surface area contributed by atoms with E-state index in [1.54, 1.807) is 0 Å². The van der Waals surface area contributed by atoms with E-state index in [1.807, 2.05) is 55.1 Å². The largest absolute Gasteiger partial charge is 0.491 e. The summed E-state index contributed by atoms with van der Waals surface area (Å²) in [6.45, 7) is 8.75. The van der Waals surface area contributed by atoms with Gasteiger partial charge in [-0.15, -0.1) is 24.0 Å². The maximum Gasteiger partial charge on any atom is 0.191 e. The molecular formula is C24H32IN5O. The van der Waals surface area contributed by atoms with E-state index in [2.05, 4.69) is 47.8 Å². The number of rotatable bonds is 8. The second kappa shape index (κ2) is 12.3. The molecule has 0 saturated carbocycles. The number of aromatic nitrogens is 2. The lowest BCUT2D eigenvalue weighted by molar-refractivity contribution is 0.323. The summed E-state index contributed by atoms with van der Waals surface area (Å²) < 4.78 is 7.97. The highest BCUT2D eigenvalue weighted by Crippen LogP contribution is 2.29. The first-order valence-electron chi connectivity index (χ1n) is 10.4. The van der Waals surface area contributed by atoms with Gasteiger partial charge in [-0.3, -0.25) is 4.68 Å². The summed E-state index contributed by atoms with van der Waals surface area (Å²) in [6.07, 6.45) is 0. The second-order valence-electron chi connectivity index (χ2n) is 7.11. The number of hydrogen-bond acceptors (Lipinski definition) is 3. The number of hydrogen-bond donors (Lipinski definition) is 2. The van der Waals surface area contributed by atoms with Crippen molar-refractivity contribution < 1.29 is 4.74 Å². The van der Waals surface area contributed by atoms with Gasteiger partial charge in [-0.2, -0.15) is 5.10 Å². The molecule has 0 atom stereocenters. The summed E-state index contributed by atoms with van der Waals surface area (Å²) in [5, 5.41) is 11.1. The molecule has 0 saturated heterocycles. The van der Waals surface area contributed by atoms with Gasteiger partial charge in [-0.1, -0.05) is 48.5 Å². The minimum absolute atomic E-state index is 0. The van der Waals surface area contributed by atoms with E-state index < -0.39 is 0 Å². The number of guanidine groups is 1. The van der Waals surface area contributed by atoms with Crippen LogP contribution in [-0.2, 0) is 13.6 Å². The van der Waals surface area contributed by atoms with E-state index in [0.29, 0.717) is 19.7 Å². The molecule has 0 aliphatic rings. The highest BCUT2D eigenvalue weighted by molar-refractivity contribution is 14.0. The molecular weight excluding hydrogens is 501 g/mol. The van der Waals surface area contributed by atoms with Crippen molar-refractivity contribution in [1.82, 2.24) is 20.4 Å². The Balaban J connectivity index is 0.00000341. The highest BCUT2D eigenvalue weighted by atomic mass is 127. The van der Waals surface area contributed by atoms with Gasteiger partial charge in [-0.05, 0) is 32.4 Å². The molecule has 2 N–H and O–H groups in total. The molecule has 0 spiro atoms. The van der Waals surface area contributed by atoms with E-state index in [-0.39, 0.29) is 24.0 Å². The molecule has 0 aliphatic carbocycles. The van der Waals surface area contributed by atoms with Crippen LogP contribution in [0.5, 0.6) is 5.75 Å². The Morgan fingerprint density at radius 2 is 1.74 bits per heavy atom. The molecule has 7 heteroatoms. The standard InChI is InChI=1S/C24H31N5O.HI/c1-5-25-24(27-17-22-18(2)28-29(4)19(22)3)26-15-16-30-23-14-10-9-13-21(23)20-11-7-6-8-12-20;/h6-14H,5,15-17H2,1-4H3,(H2,25,26,27);1H.